The molecule has 0 spiro atoms. The van der Waals surface area contributed by atoms with Gasteiger partial charge in [0.25, 0.3) is 0 Å². The lowest BCUT2D eigenvalue weighted by Gasteiger charge is -2.35. The van der Waals surface area contributed by atoms with E-state index >= 15 is 0 Å². The van der Waals surface area contributed by atoms with Crippen molar-refractivity contribution in [2.45, 2.75) is 12.3 Å². The molecule has 2 aromatic heterocycles. The summed E-state index contributed by atoms with van der Waals surface area (Å²) in [5, 5.41) is 5.99. The zero-order valence-electron chi connectivity index (χ0n) is 29.5. The highest BCUT2D eigenvalue weighted by Crippen LogP contribution is 2.60. The van der Waals surface area contributed by atoms with Crippen LogP contribution in [0.5, 0.6) is 0 Å². The Bertz CT molecular complexity index is 2960. The summed E-state index contributed by atoms with van der Waals surface area (Å²) in [6.45, 7) is 6.97. The van der Waals surface area contributed by atoms with Crippen LogP contribution in [0.3, 0.4) is 0 Å². The quantitative estimate of drug-likeness (QED) is 0.127. The van der Waals surface area contributed by atoms with Gasteiger partial charge in [-0.2, -0.15) is 0 Å². The lowest BCUT2D eigenvalue weighted by molar-refractivity contribution is 0.776. The van der Waals surface area contributed by atoms with Gasteiger partial charge in [-0.3, -0.25) is 4.98 Å². The second kappa shape index (κ2) is 12.2. The number of nitrogens with zero attached hydrogens (tertiary/aromatic N) is 2. The Labute approximate surface area is 309 Å². The van der Waals surface area contributed by atoms with E-state index in [-0.39, 0.29) is 0 Å². The summed E-state index contributed by atoms with van der Waals surface area (Å²) < 4.78 is 2.44. The number of hydrogen-bond acceptors (Lipinski definition) is 1. The molecule has 0 N–H and O–H groups in total. The van der Waals surface area contributed by atoms with E-state index in [9.17, 15) is 0 Å². The van der Waals surface area contributed by atoms with Crippen LogP contribution in [0.1, 0.15) is 23.6 Å². The molecule has 0 aliphatic heterocycles. The van der Waals surface area contributed by atoms with Gasteiger partial charge < -0.3 is 4.57 Å². The van der Waals surface area contributed by atoms with Crippen LogP contribution in [-0.2, 0) is 5.41 Å². The molecule has 2 nitrogen and oxygen atoms in total. The Kier molecular flexibility index (Phi) is 7.13. The van der Waals surface area contributed by atoms with Crippen LogP contribution in [0, 0.1) is 0 Å². The Morgan fingerprint density at radius 1 is 0.604 bits per heavy atom. The normalized spacial score (nSPS) is 15.3. The van der Waals surface area contributed by atoms with E-state index in [1.54, 1.807) is 0 Å². The molecule has 0 saturated carbocycles. The number of hydrogen-bond donors (Lipinski definition) is 0. The molecule has 250 valence electrons. The molecule has 2 heteroatoms. The molecule has 10 rings (SSSR count). The fraction of sp³-hybridized carbons (Fsp3) is 0.0392. The highest BCUT2D eigenvalue weighted by atomic mass is 15.0. The Balaban J connectivity index is 1.33. The standard InChI is InChI=1S/C51H36N2/c1-3-4-7-17-34(2)51(37-20-10-6-11-21-37)45-33-38(28-29-42(45)48-40-23-12-13-24-41(40)50-43(49(48)51)25-16-31-52-50)53-46-26-15-14-22-39(46)44-32-36(27-30-47(44)53)35-18-8-5-9-19-35/h3-33H,2H2,1H3/b4-3-,17-7-. The number of para-hydroxylation sites is 1. The molecule has 53 heavy (non-hydrogen) atoms. The fourth-order valence-electron chi connectivity index (χ4n) is 8.98. The first kappa shape index (κ1) is 31.0. The van der Waals surface area contributed by atoms with Gasteiger partial charge in [-0.25, -0.2) is 0 Å². The van der Waals surface area contributed by atoms with Crippen molar-refractivity contribution in [1.82, 2.24) is 9.55 Å². The van der Waals surface area contributed by atoms with Gasteiger partial charge in [0.05, 0.1) is 22.0 Å². The smallest absolute Gasteiger partial charge is 0.0784 e. The summed E-state index contributed by atoms with van der Waals surface area (Å²) in [7, 11) is 0. The van der Waals surface area contributed by atoms with Crippen molar-refractivity contribution < 1.29 is 0 Å². The summed E-state index contributed by atoms with van der Waals surface area (Å²) in [4.78, 5) is 5.04. The minimum absolute atomic E-state index is 0.690. The molecule has 1 unspecified atom stereocenters. The van der Waals surface area contributed by atoms with Crippen LogP contribution >= 0.6 is 0 Å². The van der Waals surface area contributed by atoms with Gasteiger partial charge >= 0.3 is 0 Å². The first-order chi connectivity index (χ1) is 26.2. The monoisotopic (exact) mass is 676 g/mol. The summed E-state index contributed by atoms with van der Waals surface area (Å²) in [5.41, 5.74) is 13.4. The van der Waals surface area contributed by atoms with Crippen LogP contribution in [0.4, 0.5) is 0 Å². The highest BCUT2D eigenvalue weighted by molar-refractivity contribution is 6.18. The summed E-state index contributed by atoms with van der Waals surface area (Å²) in [6.07, 6.45) is 10.4. The Morgan fingerprint density at radius 2 is 1.30 bits per heavy atom. The predicted octanol–water partition coefficient (Wildman–Crippen LogP) is 13.2. The topological polar surface area (TPSA) is 17.8 Å². The summed E-state index contributed by atoms with van der Waals surface area (Å²) >= 11 is 0. The number of pyridine rings is 1. The first-order valence-electron chi connectivity index (χ1n) is 18.3. The van der Waals surface area contributed by atoms with Gasteiger partial charge in [0, 0.05) is 33.4 Å². The molecule has 1 atom stereocenters. The van der Waals surface area contributed by atoms with Crippen LogP contribution in [0.15, 0.2) is 200 Å². The van der Waals surface area contributed by atoms with Crippen molar-refractivity contribution in [3.05, 3.63) is 217 Å². The van der Waals surface area contributed by atoms with Gasteiger partial charge in [-0.1, -0.05) is 152 Å². The van der Waals surface area contributed by atoms with Crippen molar-refractivity contribution >= 4 is 43.5 Å². The van der Waals surface area contributed by atoms with Gasteiger partial charge in [0.15, 0.2) is 0 Å². The molecule has 7 aromatic carbocycles. The molecule has 1 aliphatic rings. The maximum atomic E-state index is 5.04. The molecule has 0 radical (unpaired) electrons. The Hall–Kier alpha value is -6.77. The number of rotatable bonds is 6. The maximum Gasteiger partial charge on any atom is 0.0784 e. The fourth-order valence-corrected chi connectivity index (χ4v) is 8.98. The van der Waals surface area contributed by atoms with Crippen LogP contribution in [-0.4, -0.2) is 9.55 Å². The van der Waals surface area contributed by atoms with E-state index in [4.69, 9.17) is 11.6 Å². The number of fused-ring (bicyclic) bond motifs is 11. The SMILES string of the molecule is C=C(/C=C\C=C/C)C1(c2ccccc2)c2cc(-n3c4ccccc4c4cc(-c5ccccc5)ccc43)ccc2-c2c1c1cccnc1c1ccccc21. The molecule has 0 bridgehead atoms. The Morgan fingerprint density at radius 3 is 2.11 bits per heavy atom. The van der Waals surface area contributed by atoms with Crippen molar-refractivity contribution in [2.75, 3.05) is 0 Å². The highest BCUT2D eigenvalue weighted by Gasteiger charge is 2.48. The van der Waals surface area contributed by atoms with Gasteiger partial charge in [0.1, 0.15) is 0 Å². The molecular weight excluding hydrogens is 641 g/mol. The average molecular weight is 677 g/mol. The molecule has 2 heterocycles. The number of aromatic nitrogens is 2. The minimum atomic E-state index is -0.690. The second-order valence-electron chi connectivity index (χ2n) is 13.9. The van der Waals surface area contributed by atoms with Crippen molar-refractivity contribution in [1.29, 1.82) is 0 Å². The first-order valence-corrected chi connectivity index (χ1v) is 18.3. The summed E-state index contributed by atoms with van der Waals surface area (Å²) in [5.74, 6) is 0. The van der Waals surface area contributed by atoms with Gasteiger partial charge in [-0.15, -0.1) is 0 Å². The second-order valence-corrected chi connectivity index (χ2v) is 13.9. The minimum Gasteiger partial charge on any atom is -0.309 e. The van der Waals surface area contributed by atoms with Crippen molar-refractivity contribution in [3.8, 4) is 27.9 Å². The van der Waals surface area contributed by atoms with E-state index in [2.05, 4.69) is 187 Å². The molecular formula is C51H36N2. The third kappa shape index (κ3) is 4.49. The zero-order chi connectivity index (χ0) is 35.5. The largest absolute Gasteiger partial charge is 0.309 e. The molecule has 0 fully saturated rings. The van der Waals surface area contributed by atoms with Gasteiger partial charge in [-0.05, 0) is 93.2 Å². The summed E-state index contributed by atoms with van der Waals surface area (Å²) in [6, 6.07) is 57.4. The van der Waals surface area contributed by atoms with E-state index < -0.39 is 5.41 Å². The van der Waals surface area contributed by atoms with Gasteiger partial charge in [0.2, 0.25) is 0 Å². The van der Waals surface area contributed by atoms with Crippen molar-refractivity contribution in [2.24, 2.45) is 0 Å². The van der Waals surface area contributed by atoms with Crippen LogP contribution < -0.4 is 0 Å². The molecule has 0 saturated heterocycles. The van der Waals surface area contributed by atoms with E-state index in [0.29, 0.717) is 0 Å². The molecule has 9 aromatic rings. The lowest BCUT2D eigenvalue weighted by Crippen LogP contribution is -2.29. The maximum absolute atomic E-state index is 5.04. The van der Waals surface area contributed by atoms with E-state index in [1.807, 2.05) is 13.1 Å². The molecule has 0 amide bonds. The van der Waals surface area contributed by atoms with Crippen molar-refractivity contribution in [3.63, 3.8) is 0 Å². The van der Waals surface area contributed by atoms with E-state index in [0.717, 1.165) is 27.5 Å². The predicted molar refractivity (Wildman–Crippen MR) is 224 cm³/mol. The number of benzene rings is 7. The zero-order valence-corrected chi connectivity index (χ0v) is 29.5. The lowest BCUT2D eigenvalue weighted by atomic mass is 9.66. The molecule has 1 aliphatic carbocycles. The third-order valence-electron chi connectivity index (χ3n) is 11.2. The van der Waals surface area contributed by atoms with Crippen LogP contribution in [0.25, 0.3) is 71.4 Å². The average Bonchev–Trinajstić information content (AvgIpc) is 3.72. The van der Waals surface area contributed by atoms with Crippen LogP contribution in [0.2, 0.25) is 0 Å². The van der Waals surface area contributed by atoms with E-state index in [1.165, 1.54) is 66.1 Å². The third-order valence-corrected chi connectivity index (χ3v) is 11.2. The number of allylic oxidation sites excluding steroid dienone is 5.